The van der Waals surface area contributed by atoms with Gasteiger partial charge in [-0.05, 0) is 43.3 Å². The van der Waals surface area contributed by atoms with Crippen LogP contribution in [0.15, 0.2) is 12.1 Å². The molecule has 3 aliphatic heterocycles. The number of ether oxygens (including phenoxy) is 5. The Balaban J connectivity index is 1.69. The SMILES string of the molecule is CO[C@@H]1C(=O)C[C@]23CCN(C)[C@@]24C[C@H](O[C@]14OC)c1cc2c(cc13)OCO2. The summed E-state index contributed by atoms with van der Waals surface area (Å²) in [5.74, 6) is 0.406. The molecule has 0 N–H and O–H groups in total. The first-order chi connectivity index (χ1) is 13.0. The molecule has 0 radical (unpaired) electrons. The van der Waals surface area contributed by atoms with Crippen molar-refractivity contribution in [3.8, 4) is 11.5 Å². The normalized spacial score (nSPS) is 43.7. The minimum atomic E-state index is -1.13. The van der Waals surface area contributed by atoms with Gasteiger partial charge in [0.05, 0.1) is 11.6 Å². The summed E-state index contributed by atoms with van der Waals surface area (Å²) < 4.78 is 29.7. The second kappa shape index (κ2) is 4.84. The molecule has 0 unspecified atom stereocenters. The number of Topliss-reactive ketones (excluding diaryl/α,β-unsaturated/α-hetero) is 1. The number of benzene rings is 1. The third-order valence-corrected chi connectivity index (χ3v) is 7.75. The lowest BCUT2D eigenvalue weighted by molar-refractivity contribution is -0.309. The molecule has 1 saturated carbocycles. The van der Waals surface area contributed by atoms with E-state index in [0.29, 0.717) is 6.42 Å². The average Bonchev–Trinajstić information content (AvgIpc) is 3.33. The molecule has 2 aliphatic carbocycles. The van der Waals surface area contributed by atoms with Crippen molar-refractivity contribution in [2.45, 2.75) is 48.2 Å². The van der Waals surface area contributed by atoms with E-state index in [9.17, 15) is 4.79 Å². The molecule has 27 heavy (non-hydrogen) atoms. The maximum atomic E-state index is 13.2. The lowest BCUT2D eigenvalue weighted by atomic mass is 9.51. The Morgan fingerprint density at radius 3 is 2.74 bits per heavy atom. The Morgan fingerprint density at radius 1 is 1.22 bits per heavy atom. The van der Waals surface area contributed by atoms with E-state index in [1.54, 1.807) is 14.2 Å². The number of likely N-dealkylation sites (N-methyl/N-ethyl adjacent to an activating group) is 1. The van der Waals surface area contributed by atoms with Crippen molar-refractivity contribution in [3.05, 3.63) is 23.3 Å². The lowest BCUT2D eigenvalue weighted by Gasteiger charge is -2.59. The molecule has 5 atom stereocenters. The van der Waals surface area contributed by atoms with Gasteiger partial charge in [0.25, 0.3) is 0 Å². The van der Waals surface area contributed by atoms with Crippen molar-refractivity contribution in [2.75, 3.05) is 34.6 Å². The fourth-order valence-electron chi connectivity index (χ4n) is 6.82. The lowest BCUT2D eigenvalue weighted by Crippen LogP contribution is -2.76. The van der Waals surface area contributed by atoms with Crippen molar-refractivity contribution in [1.29, 1.82) is 0 Å². The fraction of sp³-hybridized carbons (Fsp3) is 0.650. The number of carbonyl (C=O) groups excluding carboxylic acids is 1. The Labute approximate surface area is 157 Å². The van der Waals surface area contributed by atoms with Crippen LogP contribution >= 0.6 is 0 Å². The molecular weight excluding hydrogens is 350 g/mol. The molecule has 0 aromatic heterocycles. The van der Waals surface area contributed by atoms with Crippen LogP contribution in [0.25, 0.3) is 0 Å². The first-order valence-corrected chi connectivity index (χ1v) is 9.47. The number of rotatable bonds is 2. The van der Waals surface area contributed by atoms with Gasteiger partial charge in [-0.3, -0.25) is 9.69 Å². The van der Waals surface area contributed by atoms with E-state index in [4.69, 9.17) is 23.7 Å². The van der Waals surface area contributed by atoms with Crippen LogP contribution in [0.3, 0.4) is 0 Å². The van der Waals surface area contributed by atoms with Gasteiger partial charge in [0.2, 0.25) is 12.6 Å². The van der Waals surface area contributed by atoms with Crippen molar-refractivity contribution < 1.29 is 28.5 Å². The number of methoxy groups -OCH3 is 2. The van der Waals surface area contributed by atoms with Gasteiger partial charge in [0.15, 0.2) is 23.4 Å². The second-order valence-corrected chi connectivity index (χ2v) is 8.35. The summed E-state index contributed by atoms with van der Waals surface area (Å²) in [6.45, 7) is 1.10. The molecule has 1 aromatic carbocycles. The third kappa shape index (κ3) is 1.49. The van der Waals surface area contributed by atoms with Crippen LogP contribution in [-0.4, -0.2) is 62.7 Å². The largest absolute Gasteiger partial charge is 0.454 e. The van der Waals surface area contributed by atoms with Crippen LogP contribution in [0, 0.1) is 0 Å². The number of hydrogen-bond acceptors (Lipinski definition) is 7. The molecule has 1 aromatic rings. The topological polar surface area (TPSA) is 66.5 Å². The minimum absolute atomic E-state index is 0.0384. The van der Waals surface area contributed by atoms with Gasteiger partial charge in [-0.1, -0.05) is 0 Å². The van der Waals surface area contributed by atoms with Crippen molar-refractivity contribution in [2.24, 2.45) is 0 Å². The zero-order valence-corrected chi connectivity index (χ0v) is 15.7. The third-order valence-electron chi connectivity index (χ3n) is 7.75. The monoisotopic (exact) mass is 373 g/mol. The van der Waals surface area contributed by atoms with Gasteiger partial charge in [-0.2, -0.15) is 0 Å². The van der Waals surface area contributed by atoms with Crippen molar-refractivity contribution in [1.82, 2.24) is 4.90 Å². The number of ketones is 1. The Morgan fingerprint density at radius 2 is 2.00 bits per heavy atom. The zero-order valence-electron chi connectivity index (χ0n) is 15.7. The van der Waals surface area contributed by atoms with E-state index in [-0.39, 0.29) is 24.1 Å². The molecule has 2 saturated heterocycles. The van der Waals surface area contributed by atoms with Crippen molar-refractivity contribution in [3.63, 3.8) is 0 Å². The van der Waals surface area contributed by atoms with Crippen LogP contribution in [0.1, 0.15) is 36.5 Å². The van der Waals surface area contributed by atoms with Crippen molar-refractivity contribution >= 4 is 5.78 Å². The number of carbonyl (C=O) groups is 1. The van der Waals surface area contributed by atoms with Gasteiger partial charge in [0, 0.05) is 32.5 Å². The molecule has 2 bridgehead atoms. The van der Waals surface area contributed by atoms with Gasteiger partial charge in [0.1, 0.15) is 0 Å². The van der Waals surface area contributed by atoms with Crippen LogP contribution < -0.4 is 9.47 Å². The Hall–Kier alpha value is -1.67. The van der Waals surface area contributed by atoms with Gasteiger partial charge in [-0.15, -0.1) is 0 Å². The molecule has 3 heterocycles. The molecule has 6 rings (SSSR count). The number of fused-ring (bicyclic) bond motifs is 4. The highest BCUT2D eigenvalue weighted by Gasteiger charge is 2.82. The molecule has 7 heteroatoms. The zero-order chi connectivity index (χ0) is 18.6. The summed E-state index contributed by atoms with van der Waals surface area (Å²) in [4.78, 5) is 15.6. The molecule has 1 spiro atoms. The number of nitrogens with zero attached hydrogens (tertiary/aromatic N) is 1. The van der Waals surface area contributed by atoms with Gasteiger partial charge in [-0.25, -0.2) is 0 Å². The van der Waals surface area contributed by atoms with E-state index >= 15 is 0 Å². The Kier molecular flexibility index (Phi) is 2.92. The highest BCUT2D eigenvalue weighted by molar-refractivity contribution is 5.89. The summed E-state index contributed by atoms with van der Waals surface area (Å²) >= 11 is 0. The molecule has 144 valence electrons. The predicted octanol–water partition coefficient (Wildman–Crippen LogP) is 1.53. The maximum Gasteiger partial charge on any atom is 0.231 e. The van der Waals surface area contributed by atoms with E-state index in [2.05, 4.69) is 18.0 Å². The average molecular weight is 373 g/mol. The smallest absolute Gasteiger partial charge is 0.231 e. The van der Waals surface area contributed by atoms with Gasteiger partial charge < -0.3 is 23.7 Å². The van der Waals surface area contributed by atoms with E-state index in [1.165, 1.54) is 0 Å². The summed E-state index contributed by atoms with van der Waals surface area (Å²) in [5, 5.41) is 0. The molecule has 7 nitrogen and oxygen atoms in total. The molecular formula is C20H23NO6. The summed E-state index contributed by atoms with van der Waals surface area (Å²) in [5.41, 5.74) is 1.41. The second-order valence-electron chi connectivity index (χ2n) is 8.35. The predicted molar refractivity (Wildman–Crippen MR) is 92.8 cm³/mol. The summed E-state index contributed by atoms with van der Waals surface area (Å²) in [6.07, 6.45) is 1.15. The van der Waals surface area contributed by atoms with E-state index in [1.807, 2.05) is 6.07 Å². The molecule has 3 fully saturated rings. The Bertz CT molecular complexity index is 872. The highest BCUT2D eigenvalue weighted by atomic mass is 16.7. The van der Waals surface area contributed by atoms with E-state index in [0.717, 1.165) is 42.0 Å². The molecule has 5 aliphatic rings. The first-order valence-electron chi connectivity index (χ1n) is 9.47. The quantitative estimate of drug-likeness (QED) is 0.779. The maximum absolute atomic E-state index is 13.2. The standard InChI is InChI=1S/C20H23NO6/c1-21-5-4-18-8-13(22)17(23-2)20(24-3)19(18,21)9-16(27-20)11-6-14-15(7-12(11)18)26-10-25-14/h6-7,16-17H,4-5,8-10H2,1-3H3/t16-,17+,18-,19-,20+/m0/s1. The van der Waals surface area contributed by atoms with Crippen LogP contribution in [0.4, 0.5) is 0 Å². The number of hydrogen-bond donors (Lipinski definition) is 0. The van der Waals surface area contributed by atoms with Crippen LogP contribution in [0.2, 0.25) is 0 Å². The summed E-state index contributed by atoms with van der Waals surface area (Å²) in [7, 11) is 5.31. The fourth-order valence-corrected chi connectivity index (χ4v) is 6.82. The first kappa shape index (κ1) is 16.3. The molecule has 0 amide bonds. The summed E-state index contributed by atoms with van der Waals surface area (Å²) in [6, 6.07) is 4.11. The van der Waals surface area contributed by atoms with Crippen LogP contribution in [-0.2, 0) is 24.4 Å². The highest BCUT2D eigenvalue weighted by Crippen LogP contribution is 2.71. The number of likely N-dealkylation sites (tertiary alicyclic amines) is 1. The van der Waals surface area contributed by atoms with E-state index < -0.39 is 17.4 Å². The van der Waals surface area contributed by atoms with Crippen LogP contribution in [0.5, 0.6) is 11.5 Å². The minimum Gasteiger partial charge on any atom is -0.454 e. The van der Waals surface area contributed by atoms with Gasteiger partial charge >= 0.3 is 0 Å².